The van der Waals surface area contributed by atoms with E-state index in [-0.39, 0.29) is 41.8 Å². The number of nitrogens with one attached hydrogen (secondary N) is 1. The number of amides is 2. The Hall–Kier alpha value is -1.89. The van der Waals surface area contributed by atoms with Crippen LogP contribution in [0.2, 0.25) is 0 Å². The monoisotopic (exact) mass is 479 g/mol. The second kappa shape index (κ2) is 12.7. The first-order chi connectivity index (χ1) is 15.6. The predicted octanol–water partition coefficient (Wildman–Crippen LogP) is 4.02. The summed E-state index contributed by atoms with van der Waals surface area (Å²) in [6, 6.07) is -0.963. The van der Waals surface area contributed by atoms with E-state index in [1.807, 2.05) is 34.6 Å². The molecule has 2 unspecified atom stereocenters. The topological polar surface area (TPSA) is 79.0 Å². The molecule has 0 bridgehead atoms. The van der Waals surface area contributed by atoms with Crippen molar-refractivity contribution >= 4 is 17.8 Å². The van der Waals surface area contributed by atoms with Crippen molar-refractivity contribution in [1.29, 1.82) is 0 Å². The van der Waals surface area contributed by atoms with E-state index >= 15 is 0 Å². The van der Waals surface area contributed by atoms with Gasteiger partial charge in [-0.15, -0.1) is 0 Å². The van der Waals surface area contributed by atoms with Gasteiger partial charge in [0.2, 0.25) is 11.8 Å². The molecule has 7 nitrogen and oxygen atoms in total. The summed E-state index contributed by atoms with van der Waals surface area (Å²) in [6.07, 6.45) is 3.59. The highest BCUT2D eigenvalue weighted by Gasteiger charge is 2.40. The molecule has 1 aliphatic heterocycles. The largest absolute Gasteiger partial charge is 0.463 e. The molecule has 1 fully saturated rings. The van der Waals surface area contributed by atoms with Gasteiger partial charge in [0, 0.05) is 25.2 Å². The quantitative estimate of drug-likeness (QED) is 0.399. The van der Waals surface area contributed by atoms with Gasteiger partial charge in [0.1, 0.15) is 6.04 Å². The van der Waals surface area contributed by atoms with E-state index in [0.29, 0.717) is 18.1 Å². The van der Waals surface area contributed by atoms with Crippen LogP contribution in [0.3, 0.4) is 0 Å². The zero-order valence-electron chi connectivity index (χ0n) is 23.4. The molecule has 1 N–H and O–H groups in total. The van der Waals surface area contributed by atoms with E-state index in [0.717, 1.165) is 19.4 Å². The molecule has 4 atom stereocenters. The highest BCUT2D eigenvalue weighted by atomic mass is 16.5. The number of carbonyl (C=O) groups is 3. The molecular formula is C27H49N3O4. The van der Waals surface area contributed by atoms with Crippen LogP contribution in [-0.4, -0.2) is 72.0 Å². The van der Waals surface area contributed by atoms with Gasteiger partial charge >= 0.3 is 5.97 Å². The Balaban J connectivity index is 3.17. The minimum atomic E-state index is -0.684. The summed E-state index contributed by atoms with van der Waals surface area (Å²) in [7, 11) is 1.75. The third-order valence-electron chi connectivity index (χ3n) is 6.72. The van der Waals surface area contributed by atoms with Crippen LogP contribution < -0.4 is 5.32 Å². The average molecular weight is 480 g/mol. The summed E-state index contributed by atoms with van der Waals surface area (Å²) in [6.45, 7) is 21.0. The zero-order chi connectivity index (χ0) is 26.4. The van der Waals surface area contributed by atoms with Crippen LogP contribution in [0.25, 0.3) is 0 Å². The van der Waals surface area contributed by atoms with Crippen molar-refractivity contribution in [2.45, 2.75) is 106 Å². The molecule has 1 aliphatic rings. The van der Waals surface area contributed by atoms with Gasteiger partial charge in [0.15, 0.2) is 0 Å². The van der Waals surface area contributed by atoms with Gasteiger partial charge in [-0.2, -0.15) is 0 Å². The van der Waals surface area contributed by atoms with Crippen LogP contribution in [0.1, 0.15) is 82.1 Å². The molecule has 1 rings (SSSR count). The fourth-order valence-electron chi connectivity index (χ4n) is 4.60. The van der Waals surface area contributed by atoms with Crippen LogP contribution in [0.5, 0.6) is 0 Å². The van der Waals surface area contributed by atoms with Gasteiger partial charge in [-0.05, 0) is 57.8 Å². The lowest BCUT2D eigenvalue weighted by atomic mass is 9.84. The lowest BCUT2D eigenvalue weighted by Crippen LogP contribution is -2.61. The second-order valence-corrected chi connectivity index (χ2v) is 11.6. The number of nitrogens with zero attached hydrogens (tertiary/aromatic N) is 2. The lowest BCUT2D eigenvalue weighted by Gasteiger charge is -2.42. The first-order valence-corrected chi connectivity index (χ1v) is 12.8. The molecule has 0 aromatic heterocycles. The number of esters is 1. The Labute approximate surface area is 207 Å². The molecule has 0 radical (unpaired) electrons. The molecule has 7 heteroatoms. The van der Waals surface area contributed by atoms with Crippen molar-refractivity contribution in [2.24, 2.45) is 17.3 Å². The fraction of sp³-hybridized carbons (Fsp3) is 0.815. The van der Waals surface area contributed by atoms with E-state index in [1.54, 1.807) is 31.9 Å². The molecule has 1 heterocycles. The van der Waals surface area contributed by atoms with Gasteiger partial charge in [0.05, 0.1) is 18.7 Å². The zero-order valence-corrected chi connectivity index (χ0v) is 23.4. The van der Waals surface area contributed by atoms with Crippen molar-refractivity contribution in [3.8, 4) is 0 Å². The molecule has 0 aromatic rings. The smallest absolute Gasteiger partial charge is 0.333 e. The maximum Gasteiger partial charge on any atom is 0.333 e. The predicted molar refractivity (Wildman–Crippen MR) is 137 cm³/mol. The highest BCUT2D eigenvalue weighted by molar-refractivity contribution is 5.91. The molecule has 1 saturated heterocycles. The molecular weight excluding hydrogens is 430 g/mol. The SMILES string of the molecule is CCOC(=O)/C(C)=C/[C@H](C(C)C)N(C)C(=O)C(NC(=O)C1CC[C@H](C)CN1C(C)C)C(C)(C)C. The van der Waals surface area contributed by atoms with Crippen molar-refractivity contribution < 1.29 is 19.1 Å². The van der Waals surface area contributed by atoms with Crippen LogP contribution in [0.15, 0.2) is 11.6 Å². The Bertz CT molecular complexity index is 739. The first-order valence-electron chi connectivity index (χ1n) is 12.8. The number of ether oxygens (including phenoxy) is 1. The highest BCUT2D eigenvalue weighted by Crippen LogP contribution is 2.27. The third-order valence-corrected chi connectivity index (χ3v) is 6.72. The van der Waals surface area contributed by atoms with Gasteiger partial charge in [0.25, 0.3) is 0 Å². The van der Waals surface area contributed by atoms with Crippen LogP contribution in [-0.2, 0) is 19.1 Å². The third kappa shape index (κ3) is 8.10. The summed E-state index contributed by atoms with van der Waals surface area (Å²) in [4.78, 5) is 43.3. The Kier molecular flexibility index (Phi) is 11.3. The number of likely N-dealkylation sites (N-methyl/N-ethyl adjacent to an activating group) is 1. The van der Waals surface area contributed by atoms with Crippen LogP contribution in [0, 0.1) is 17.3 Å². The van der Waals surface area contributed by atoms with E-state index in [1.165, 1.54) is 0 Å². The van der Waals surface area contributed by atoms with E-state index < -0.39 is 11.5 Å². The summed E-state index contributed by atoms with van der Waals surface area (Å²) in [5.74, 6) is 0.00842. The minimum Gasteiger partial charge on any atom is -0.463 e. The Morgan fingerprint density at radius 2 is 1.74 bits per heavy atom. The van der Waals surface area contributed by atoms with Gasteiger partial charge in [-0.3, -0.25) is 14.5 Å². The van der Waals surface area contributed by atoms with Crippen molar-refractivity contribution in [3.63, 3.8) is 0 Å². The number of likely N-dealkylation sites (tertiary alicyclic amines) is 1. The molecule has 34 heavy (non-hydrogen) atoms. The second-order valence-electron chi connectivity index (χ2n) is 11.6. The van der Waals surface area contributed by atoms with Crippen LogP contribution in [0.4, 0.5) is 0 Å². The van der Waals surface area contributed by atoms with Crippen LogP contribution >= 0.6 is 0 Å². The maximum absolute atomic E-state index is 13.8. The molecule has 0 spiro atoms. The van der Waals surface area contributed by atoms with E-state index in [2.05, 4.69) is 31.0 Å². The summed E-state index contributed by atoms with van der Waals surface area (Å²) in [5.41, 5.74) is -0.00648. The van der Waals surface area contributed by atoms with E-state index in [9.17, 15) is 14.4 Å². The van der Waals surface area contributed by atoms with Gasteiger partial charge < -0.3 is 15.0 Å². The Morgan fingerprint density at radius 1 is 1.15 bits per heavy atom. The van der Waals surface area contributed by atoms with Gasteiger partial charge in [-0.1, -0.05) is 47.6 Å². The average Bonchev–Trinajstić information content (AvgIpc) is 2.73. The van der Waals surface area contributed by atoms with Crippen molar-refractivity contribution in [3.05, 3.63) is 11.6 Å². The lowest BCUT2D eigenvalue weighted by molar-refractivity contribution is -0.142. The minimum absolute atomic E-state index is 0.0749. The molecule has 0 aliphatic carbocycles. The van der Waals surface area contributed by atoms with Crippen molar-refractivity contribution in [1.82, 2.24) is 15.1 Å². The van der Waals surface area contributed by atoms with Crippen molar-refractivity contribution in [2.75, 3.05) is 20.2 Å². The number of hydrogen-bond acceptors (Lipinski definition) is 5. The van der Waals surface area contributed by atoms with E-state index in [4.69, 9.17) is 4.74 Å². The number of piperidine rings is 1. The first kappa shape index (κ1) is 30.1. The normalized spacial score (nSPS) is 21.9. The number of carbonyl (C=O) groups excluding carboxylic acids is 3. The molecule has 0 saturated carbocycles. The Morgan fingerprint density at radius 3 is 2.21 bits per heavy atom. The number of rotatable bonds is 9. The fourth-order valence-corrected chi connectivity index (χ4v) is 4.60. The van der Waals surface area contributed by atoms with Gasteiger partial charge in [-0.25, -0.2) is 4.79 Å². The molecule has 0 aromatic carbocycles. The maximum atomic E-state index is 13.8. The molecule has 196 valence electrons. The molecule has 2 amide bonds. The number of hydrogen-bond donors (Lipinski definition) is 1. The standard InChI is InChI=1S/C27H49N3O4/c1-12-34-26(33)20(7)15-22(17(2)3)29(11)25(32)23(27(8,9)10)28-24(31)21-14-13-19(6)16-30(21)18(4)5/h15,17-19,21-23H,12-14,16H2,1-11H3,(H,28,31)/b20-15+/t19-,21?,22+,23?/m0/s1. The summed E-state index contributed by atoms with van der Waals surface area (Å²) >= 11 is 0. The summed E-state index contributed by atoms with van der Waals surface area (Å²) < 4.78 is 5.11. The summed E-state index contributed by atoms with van der Waals surface area (Å²) in [5, 5.41) is 3.11.